The van der Waals surface area contributed by atoms with E-state index in [4.69, 9.17) is 4.42 Å². The number of halogens is 1. The first-order valence-electron chi connectivity index (χ1n) is 9.71. The minimum Gasteiger partial charge on any atom is -0.465 e. The third kappa shape index (κ3) is 3.29. The lowest BCUT2D eigenvalue weighted by molar-refractivity contribution is -0.136. The molecule has 0 spiro atoms. The lowest BCUT2D eigenvalue weighted by Crippen LogP contribution is -2.50. The smallest absolute Gasteiger partial charge is 0.227 e. The van der Waals surface area contributed by atoms with Gasteiger partial charge in [-0.3, -0.25) is 4.79 Å². The number of piperazine rings is 1. The van der Waals surface area contributed by atoms with Gasteiger partial charge < -0.3 is 19.2 Å². The molecule has 2 aliphatic carbocycles. The number of nitrogens with one attached hydrogen (secondary N) is 1. The number of nitrogens with zero attached hydrogens (tertiary/aromatic N) is 3. The largest absolute Gasteiger partial charge is 0.465 e. The number of imidazole rings is 1. The highest BCUT2D eigenvalue weighted by Gasteiger charge is 2.50. The third-order valence-electron chi connectivity index (χ3n) is 6.28. The van der Waals surface area contributed by atoms with Gasteiger partial charge in [0.2, 0.25) is 5.91 Å². The fourth-order valence-corrected chi connectivity index (χ4v) is 4.38. The van der Waals surface area contributed by atoms with Crippen LogP contribution in [0.4, 0.5) is 0 Å². The number of rotatable bonds is 4. The standard InChI is InChI=1S/C20H26N4O2.ClH/c1-12-9-13(12)17-3-4-18(26-17)14-10-15(14)20(25)24-8-5-21-11-16(24)19-22-6-7-23(19)2;/h3-4,6-7,12-16,21H,5,8-11H2,1-2H3;1H. The molecule has 1 aliphatic heterocycles. The first-order chi connectivity index (χ1) is 12.6. The van der Waals surface area contributed by atoms with Gasteiger partial charge in [-0.1, -0.05) is 6.92 Å². The van der Waals surface area contributed by atoms with E-state index in [1.54, 1.807) is 6.20 Å². The molecule has 2 aromatic rings. The first-order valence-corrected chi connectivity index (χ1v) is 9.71. The Morgan fingerprint density at radius 2 is 2.00 bits per heavy atom. The Labute approximate surface area is 165 Å². The Bertz CT molecular complexity index is 832. The maximum absolute atomic E-state index is 13.2. The molecule has 1 N–H and O–H groups in total. The number of aromatic nitrogens is 2. The van der Waals surface area contributed by atoms with Crippen molar-refractivity contribution in [3.8, 4) is 0 Å². The summed E-state index contributed by atoms with van der Waals surface area (Å²) in [6.45, 7) is 4.61. The van der Waals surface area contributed by atoms with Crippen LogP contribution in [-0.2, 0) is 11.8 Å². The van der Waals surface area contributed by atoms with Gasteiger partial charge >= 0.3 is 0 Å². The summed E-state index contributed by atoms with van der Waals surface area (Å²) in [5, 5.41) is 3.40. The van der Waals surface area contributed by atoms with Crippen LogP contribution in [-0.4, -0.2) is 40.0 Å². The van der Waals surface area contributed by atoms with Crippen LogP contribution in [0.15, 0.2) is 28.9 Å². The minimum atomic E-state index is 0. The fourth-order valence-electron chi connectivity index (χ4n) is 4.38. The summed E-state index contributed by atoms with van der Waals surface area (Å²) in [7, 11) is 1.99. The molecular weight excluding hydrogens is 364 g/mol. The lowest BCUT2D eigenvalue weighted by Gasteiger charge is -2.36. The molecule has 5 unspecified atom stereocenters. The van der Waals surface area contributed by atoms with Gasteiger partial charge in [-0.15, -0.1) is 12.4 Å². The van der Waals surface area contributed by atoms with Crippen LogP contribution in [0.2, 0.25) is 0 Å². The monoisotopic (exact) mass is 390 g/mol. The zero-order valence-electron chi connectivity index (χ0n) is 15.8. The van der Waals surface area contributed by atoms with Gasteiger partial charge in [-0.2, -0.15) is 0 Å². The van der Waals surface area contributed by atoms with E-state index >= 15 is 0 Å². The second-order valence-electron chi connectivity index (χ2n) is 8.16. The molecule has 3 heterocycles. The van der Waals surface area contributed by atoms with E-state index in [2.05, 4.69) is 29.4 Å². The highest BCUT2D eigenvalue weighted by molar-refractivity contribution is 5.85. The van der Waals surface area contributed by atoms with Crippen molar-refractivity contribution in [2.45, 2.75) is 37.6 Å². The summed E-state index contributed by atoms with van der Waals surface area (Å²) in [5.41, 5.74) is 0. The molecule has 0 radical (unpaired) electrons. The van der Waals surface area contributed by atoms with E-state index in [0.717, 1.165) is 49.3 Å². The zero-order valence-corrected chi connectivity index (χ0v) is 16.6. The van der Waals surface area contributed by atoms with Crippen molar-refractivity contribution < 1.29 is 9.21 Å². The molecule has 27 heavy (non-hydrogen) atoms. The van der Waals surface area contributed by atoms with E-state index in [0.29, 0.717) is 5.92 Å². The molecule has 5 rings (SSSR count). The predicted molar refractivity (Wildman–Crippen MR) is 104 cm³/mol. The molecule has 1 saturated heterocycles. The van der Waals surface area contributed by atoms with Crippen molar-refractivity contribution in [3.05, 3.63) is 41.9 Å². The minimum absolute atomic E-state index is 0. The van der Waals surface area contributed by atoms with Crippen molar-refractivity contribution in [1.29, 1.82) is 0 Å². The van der Waals surface area contributed by atoms with Crippen LogP contribution in [0.25, 0.3) is 0 Å². The molecule has 3 fully saturated rings. The average molecular weight is 391 g/mol. The lowest BCUT2D eigenvalue weighted by atomic mass is 10.1. The topological polar surface area (TPSA) is 63.3 Å². The van der Waals surface area contributed by atoms with E-state index in [1.165, 1.54) is 6.42 Å². The summed E-state index contributed by atoms with van der Waals surface area (Å²) in [6.07, 6.45) is 5.88. The summed E-state index contributed by atoms with van der Waals surface area (Å²) in [4.78, 5) is 19.7. The molecule has 146 valence electrons. The van der Waals surface area contributed by atoms with E-state index in [1.807, 2.05) is 22.7 Å². The highest BCUT2D eigenvalue weighted by atomic mass is 35.5. The number of carbonyl (C=O) groups is 1. The predicted octanol–water partition coefficient (Wildman–Crippen LogP) is 2.83. The summed E-state index contributed by atoms with van der Waals surface area (Å²) < 4.78 is 8.10. The third-order valence-corrected chi connectivity index (χ3v) is 6.28. The van der Waals surface area contributed by atoms with Gasteiger partial charge in [0, 0.05) is 56.8 Å². The Kier molecular flexibility index (Phi) is 4.80. The van der Waals surface area contributed by atoms with E-state index < -0.39 is 0 Å². The Hall–Kier alpha value is -1.79. The second-order valence-corrected chi connectivity index (χ2v) is 8.16. The average Bonchev–Trinajstić information content (AvgIpc) is 3.49. The molecule has 0 bridgehead atoms. The number of hydrogen-bond acceptors (Lipinski definition) is 4. The summed E-state index contributed by atoms with van der Waals surface area (Å²) in [6, 6.07) is 4.22. The SMILES string of the molecule is CC1CC1c1ccc(C2CC2C(=O)N2CCNCC2c2nccn2C)o1.Cl. The van der Waals surface area contributed by atoms with Crippen LogP contribution in [0.5, 0.6) is 0 Å². The van der Waals surface area contributed by atoms with Crippen molar-refractivity contribution in [3.63, 3.8) is 0 Å². The Morgan fingerprint density at radius 3 is 2.67 bits per heavy atom. The van der Waals surface area contributed by atoms with Gasteiger partial charge in [-0.05, 0) is 30.9 Å². The molecule has 2 aromatic heterocycles. The molecular formula is C20H27ClN4O2. The van der Waals surface area contributed by atoms with Crippen molar-refractivity contribution >= 4 is 18.3 Å². The number of amides is 1. The number of carbonyl (C=O) groups excluding carboxylic acids is 1. The molecule has 0 aromatic carbocycles. The highest BCUT2D eigenvalue weighted by Crippen LogP contribution is 2.52. The van der Waals surface area contributed by atoms with Crippen LogP contribution in [0, 0.1) is 11.8 Å². The number of furan rings is 1. The molecule has 1 amide bonds. The van der Waals surface area contributed by atoms with Crippen molar-refractivity contribution in [1.82, 2.24) is 19.8 Å². The number of aryl methyl sites for hydroxylation is 1. The summed E-state index contributed by atoms with van der Waals surface area (Å²) in [5.74, 6) is 4.96. The fraction of sp³-hybridized carbons (Fsp3) is 0.600. The molecule has 2 saturated carbocycles. The zero-order chi connectivity index (χ0) is 17.8. The number of hydrogen-bond donors (Lipinski definition) is 1. The molecule has 5 atom stereocenters. The van der Waals surface area contributed by atoms with E-state index in [9.17, 15) is 4.79 Å². The molecule has 7 heteroatoms. The normalized spacial score (nSPS) is 32.1. The molecule has 6 nitrogen and oxygen atoms in total. The molecule has 3 aliphatic rings. The van der Waals surface area contributed by atoms with Crippen molar-refractivity contribution in [2.24, 2.45) is 18.9 Å². The van der Waals surface area contributed by atoms with Crippen LogP contribution < -0.4 is 5.32 Å². The van der Waals surface area contributed by atoms with E-state index in [-0.39, 0.29) is 36.2 Å². The quantitative estimate of drug-likeness (QED) is 0.871. The maximum Gasteiger partial charge on any atom is 0.227 e. The summed E-state index contributed by atoms with van der Waals surface area (Å²) >= 11 is 0. The van der Waals surface area contributed by atoms with Gasteiger partial charge in [0.15, 0.2) is 0 Å². The van der Waals surface area contributed by atoms with Gasteiger partial charge in [0.05, 0.1) is 0 Å². The van der Waals surface area contributed by atoms with Crippen molar-refractivity contribution in [2.75, 3.05) is 19.6 Å². The van der Waals surface area contributed by atoms with Crippen LogP contribution >= 0.6 is 12.4 Å². The first kappa shape index (κ1) is 18.6. The maximum atomic E-state index is 13.2. The van der Waals surface area contributed by atoms with Gasteiger partial charge in [-0.25, -0.2) is 4.98 Å². The second kappa shape index (κ2) is 6.99. The Balaban J connectivity index is 0.00000180. The Morgan fingerprint density at radius 1 is 1.26 bits per heavy atom. The van der Waals surface area contributed by atoms with Gasteiger partial charge in [0.1, 0.15) is 23.4 Å². The van der Waals surface area contributed by atoms with Crippen LogP contribution in [0.1, 0.15) is 55.0 Å². The van der Waals surface area contributed by atoms with Crippen LogP contribution in [0.3, 0.4) is 0 Å². The van der Waals surface area contributed by atoms with Gasteiger partial charge in [0.25, 0.3) is 0 Å².